The van der Waals surface area contributed by atoms with Gasteiger partial charge in [0.25, 0.3) is 0 Å². The molecule has 0 aromatic heterocycles. The van der Waals surface area contributed by atoms with Crippen LogP contribution >= 0.6 is 0 Å². The molecule has 0 aliphatic rings. The number of aryl methyl sites for hydroxylation is 1. The summed E-state index contributed by atoms with van der Waals surface area (Å²) in [7, 11) is 0. The third kappa shape index (κ3) is 2.31. The molecule has 14 heavy (non-hydrogen) atoms. The zero-order valence-electron chi connectivity index (χ0n) is 8.96. The van der Waals surface area contributed by atoms with Gasteiger partial charge in [0, 0.05) is 11.8 Å². The van der Waals surface area contributed by atoms with Gasteiger partial charge in [-0.1, -0.05) is 0 Å². The van der Waals surface area contributed by atoms with Crippen molar-refractivity contribution in [1.82, 2.24) is 0 Å². The standard InChI is InChI=1S/C11H17NO2/c1-4-13-10-7-9(12)6-8(3)11(10)14-5-2/h6-7H,4-5,12H2,1-3H3. The topological polar surface area (TPSA) is 44.5 Å². The van der Waals surface area contributed by atoms with Crippen LogP contribution in [0.1, 0.15) is 19.4 Å². The Morgan fingerprint density at radius 1 is 1.14 bits per heavy atom. The quantitative estimate of drug-likeness (QED) is 0.750. The first kappa shape index (κ1) is 10.7. The van der Waals surface area contributed by atoms with Crippen molar-refractivity contribution in [3.05, 3.63) is 17.7 Å². The minimum atomic E-state index is 0.614. The molecule has 0 amide bonds. The predicted octanol–water partition coefficient (Wildman–Crippen LogP) is 2.37. The van der Waals surface area contributed by atoms with Crippen molar-refractivity contribution in [2.45, 2.75) is 20.8 Å². The third-order valence-corrected chi connectivity index (χ3v) is 1.85. The van der Waals surface area contributed by atoms with Crippen molar-refractivity contribution >= 4 is 5.69 Å². The van der Waals surface area contributed by atoms with E-state index in [1.165, 1.54) is 0 Å². The monoisotopic (exact) mass is 195 g/mol. The van der Waals surface area contributed by atoms with Crippen LogP contribution in [0.25, 0.3) is 0 Å². The smallest absolute Gasteiger partial charge is 0.164 e. The zero-order valence-corrected chi connectivity index (χ0v) is 8.96. The van der Waals surface area contributed by atoms with Crippen molar-refractivity contribution in [1.29, 1.82) is 0 Å². The van der Waals surface area contributed by atoms with E-state index in [4.69, 9.17) is 15.2 Å². The lowest BCUT2D eigenvalue weighted by molar-refractivity contribution is 0.286. The predicted molar refractivity (Wildman–Crippen MR) is 57.9 cm³/mol. The van der Waals surface area contributed by atoms with E-state index in [-0.39, 0.29) is 0 Å². The summed E-state index contributed by atoms with van der Waals surface area (Å²) in [6.45, 7) is 7.09. The van der Waals surface area contributed by atoms with Gasteiger partial charge in [0.1, 0.15) is 0 Å². The van der Waals surface area contributed by atoms with Crippen LogP contribution in [0.3, 0.4) is 0 Å². The van der Waals surface area contributed by atoms with E-state index in [2.05, 4.69) is 0 Å². The maximum atomic E-state index is 5.72. The number of hydrogen-bond acceptors (Lipinski definition) is 3. The highest BCUT2D eigenvalue weighted by Gasteiger charge is 2.08. The molecule has 1 rings (SSSR count). The summed E-state index contributed by atoms with van der Waals surface area (Å²) in [4.78, 5) is 0. The van der Waals surface area contributed by atoms with Crippen LogP contribution in [0.5, 0.6) is 11.5 Å². The summed E-state index contributed by atoms with van der Waals surface area (Å²) < 4.78 is 10.9. The van der Waals surface area contributed by atoms with Gasteiger partial charge in [-0.3, -0.25) is 0 Å². The SMILES string of the molecule is CCOc1cc(N)cc(C)c1OCC. The van der Waals surface area contributed by atoms with Gasteiger partial charge < -0.3 is 15.2 Å². The van der Waals surface area contributed by atoms with Crippen LogP contribution in [0.4, 0.5) is 5.69 Å². The number of benzene rings is 1. The van der Waals surface area contributed by atoms with Crippen LogP contribution in [0.15, 0.2) is 12.1 Å². The van der Waals surface area contributed by atoms with E-state index >= 15 is 0 Å². The van der Waals surface area contributed by atoms with Gasteiger partial charge >= 0.3 is 0 Å². The van der Waals surface area contributed by atoms with Crippen LogP contribution in [0, 0.1) is 6.92 Å². The number of anilines is 1. The van der Waals surface area contributed by atoms with E-state index in [0.29, 0.717) is 18.9 Å². The highest BCUT2D eigenvalue weighted by atomic mass is 16.5. The minimum Gasteiger partial charge on any atom is -0.490 e. The second kappa shape index (κ2) is 4.74. The third-order valence-electron chi connectivity index (χ3n) is 1.85. The van der Waals surface area contributed by atoms with Gasteiger partial charge in [0.15, 0.2) is 11.5 Å². The highest BCUT2D eigenvalue weighted by molar-refractivity contribution is 5.56. The van der Waals surface area contributed by atoms with Crippen LogP contribution in [-0.2, 0) is 0 Å². The molecule has 0 spiro atoms. The molecule has 0 saturated heterocycles. The number of nitrogen functional groups attached to an aromatic ring is 1. The lowest BCUT2D eigenvalue weighted by Gasteiger charge is -2.13. The first-order valence-electron chi connectivity index (χ1n) is 4.84. The van der Waals surface area contributed by atoms with E-state index in [9.17, 15) is 0 Å². The first-order valence-corrected chi connectivity index (χ1v) is 4.84. The molecule has 1 aromatic carbocycles. The van der Waals surface area contributed by atoms with Crippen molar-refractivity contribution in [2.75, 3.05) is 18.9 Å². The Bertz CT molecular complexity index is 310. The maximum Gasteiger partial charge on any atom is 0.164 e. The number of nitrogens with two attached hydrogens (primary N) is 1. The van der Waals surface area contributed by atoms with Crippen LogP contribution < -0.4 is 15.2 Å². The van der Waals surface area contributed by atoms with Gasteiger partial charge in [-0.2, -0.15) is 0 Å². The van der Waals surface area contributed by atoms with E-state index in [0.717, 1.165) is 17.1 Å². The molecule has 0 bridgehead atoms. The van der Waals surface area contributed by atoms with Gasteiger partial charge in [0.05, 0.1) is 13.2 Å². The molecular formula is C11H17NO2. The molecule has 3 nitrogen and oxygen atoms in total. The summed E-state index contributed by atoms with van der Waals surface area (Å²) >= 11 is 0. The Hall–Kier alpha value is -1.38. The molecule has 0 aliphatic heterocycles. The summed E-state index contributed by atoms with van der Waals surface area (Å²) in [5.74, 6) is 1.52. The molecule has 0 fully saturated rings. The Kier molecular flexibility index (Phi) is 3.63. The first-order chi connectivity index (χ1) is 6.69. The fourth-order valence-corrected chi connectivity index (χ4v) is 1.36. The Morgan fingerprint density at radius 2 is 1.79 bits per heavy atom. The molecule has 3 heteroatoms. The largest absolute Gasteiger partial charge is 0.490 e. The average molecular weight is 195 g/mol. The zero-order chi connectivity index (χ0) is 10.6. The van der Waals surface area contributed by atoms with E-state index in [1.807, 2.05) is 26.8 Å². The highest BCUT2D eigenvalue weighted by Crippen LogP contribution is 2.33. The Morgan fingerprint density at radius 3 is 2.36 bits per heavy atom. The molecular weight excluding hydrogens is 178 g/mol. The average Bonchev–Trinajstić information content (AvgIpc) is 2.11. The molecule has 0 atom stereocenters. The van der Waals surface area contributed by atoms with Gasteiger partial charge in [-0.15, -0.1) is 0 Å². The second-order valence-corrected chi connectivity index (χ2v) is 3.03. The van der Waals surface area contributed by atoms with E-state index < -0.39 is 0 Å². The molecule has 0 aliphatic carbocycles. The summed E-state index contributed by atoms with van der Waals surface area (Å²) in [6, 6.07) is 3.68. The molecule has 0 saturated carbocycles. The number of hydrogen-bond donors (Lipinski definition) is 1. The van der Waals surface area contributed by atoms with Gasteiger partial charge in [-0.25, -0.2) is 0 Å². The Labute approximate surface area is 84.8 Å². The normalized spacial score (nSPS) is 9.93. The van der Waals surface area contributed by atoms with Crippen molar-refractivity contribution < 1.29 is 9.47 Å². The summed E-state index contributed by atoms with van der Waals surface area (Å²) in [6.07, 6.45) is 0. The minimum absolute atomic E-state index is 0.614. The molecule has 0 heterocycles. The van der Waals surface area contributed by atoms with Crippen LogP contribution in [-0.4, -0.2) is 13.2 Å². The maximum absolute atomic E-state index is 5.72. The lowest BCUT2D eigenvalue weighted by atomic mass is 10.2. The van der Waals surface area contributed by atoms with E-state index in [1.54, 1.807) is 6.07 Å². The molecule has 78 valence electrons. The number of rotatable bonds is 4. The van der Waals surface area contributed by atoms with Gasteiger partial charge in [0.2, 0.25) is 0 Å². The molecule has 2 N–H and O–H groups in total. The summed E-state index contributed by atoms with van der Waals surface area (Å²) in [5.41, 5.74) is 7.43. The van der Waals surface area contributed by atoms with Crippen molar-refractivity contribution in [3.63, 3.8) is 0 Å². The Balaban J connectivity index is 3.07. The van der Waals surface area contributed by atoms with Crippen molar-refractivity contribution in [3.8, 4) is 11.5 Å². The molecule has 1 aromatic rings. The fourth-order valence-electron chi connectivity index (χ4n) is 1.36. The van der Waals surface area contributed by atoms with Crippen molar-refractivity contribution in [2.24, 2.45) is 0 Å². The molecule has 0 unspecified atom stereocenters. The fraction of sp³-hybridized carbons (Fsp3) is 0.455. The van der Waals surface area contributed by atoms with Gasteiger partial charge in [-0.05, 0) is 32.4 Å². The molecule has 0 radical (unpaired) electrons. The lowest BCUT2D eigenvalue weighted by Crippen LogP contribution is -2.01. The summed E-state index contributed by atoms with van der Waals surface area (Å²) in [5, 5.41) is 0. The number of ether oxygens (including phenoxy) is 2. The van der Waals surface area contributed by atoms with Crippen LogP contribution in [0.2, 0.25) is 0 Å². The second-order valence-electron chi connectivity index (χ2n) is 3.03.